The van der Waals surface area contributed by atoms with Crippen molar-refractivity contribution in [1.82, 2.24) is 14.5 Å². The van der Waals surface area contributed by atoms with E-state index < -0.39 is 0 Å². The Labute approximate surface area is 87.6 Å². The molecule has 2 unspecified atom stereocenters. The summed E-state index contributed by atoms with van der Waals surface area (Å²) in [6.07, 6.45) is 7.50. The molecule has 0 spiro atoms. The van der Waals surface area contributed by atoms with Gasteiger partial charge in [0.1, 0.15) is 6.33 Å². The zero-order chi connectivity index (χ0) is 10.3. The molecule has 0 aromatic carbocycles. The number of ether oxygens (including phenoxy) is 1. The predicted octanol–water partition coefficient (Wildman–Crippen LogP) is 0.714. The highest BCUT2D eigenvalue weighted by atomic mass is 16.5. The Bertz CT molecular complexity index is 351. The molecule has 2 fully saturated rings. The van der Waals surface area contributed by atoms with Gasteiger partial charge >= 0.3 is 6.03 Å². The standard InChI is InChI=1S/C10H13N3O2/c14-10(12-4-3-11-7-12)13-5-8-1-2-9(6-13)15-8/h3-4,7-9H,1-2,5-6H2. The maximum atomic E-state index is 12.0. The highest BCUT2D eigenvalue weighted by Crippen LogP contribution is 2.26. The van der Waals surface area contributed by atoms with Gasteiger partial charge in [0.05, 0.1) is 12.2 Å². The number of carbonyl (C=O) groups is 1. The fraction of sp³-hybridized carbons (Fsp3) is 0.600. The number of aromatic nitrogens is 2. The van der Waals surface area contributed by atoms with Crippen molar-refractivity contribution in [2.75, 3.05) is 13.1 Å². The molecule has 5 heteroatoms. The summed E-state index contributed by atoms with van der Waals surface area (Å²) < 4.78 is 7.19. The summed E-state index contributed by atoms with van der Waals surface area (Å²) in [7, 11) is 0. The molecular weight excluding hydrogens is 194 g/mol. The number of carbonyl (C=O) groups excluding carboxylic acids is 1. The first kappa shape index (κ1) is 8.91. The van der Waals surface area contributed by atoms with Crippen LogP contribution in [0, 0.1) is 0 Å². The van der Waals surface area contributed by atoms with E-state index >= 15 is 0 Å². The lowest BCUT2D eigenvalue weighted by molar-refractivity contribution is -0.0236. The van der Waals surface area contributed by atoms with E-state index in [-0.39, 0.29) is 18.2 Å². The molecule has 80 valence electrons. The Morgan fingerprint density at radius 2 is 2.07 bits per heavy atom. The number of hydrogen-bond donors (Lipinski definition) is 0. The van der Waals surface area contributed by atoms with Gasteiger partial charge in [0.2, 0.25) is 0 Å². The molecule has 1 amide bonds. The average molecular weight is 207 g/mol. The number of hydrogen-bond acceptors (Lipinski definition) is 3. The third-order valence-corrected chi connectivity index (χ3v) is 3.04. The minimum atomic E-state index is 0.00713. The van der Waals surface area contributed by atoms with Crippen molar-refractivity contribution in [3.8, 4) is 0 Å². The normalized spacial score (nSPS) is 29.5. The van der Waals surface area contributed by atoms with Gasteiger partial charge in [-0.2, -0.15) is 0 Å². The number of fused-ring (bicyclic) bond motifs is 2. The molecule has 3 heterocycles. The summed E-state index contributed by atoms with van der Waals surface area (Å²) >= 11 is 0. The minimum absolute atomic E-state index is 0.00713. The second-order valence-electron chi connectivity index (χ2n) is 4.11. The van der Waals surface area contributed by atoms with Crippen LogP contribution in [-0.2, 0) is 4.74 Å². The van der Waals surface area contributed by atoms with Crippen LogP contribution in [0.15, 0.2) is 18.7 Å². The molecule has 1 aromatic heterocycles. The van der Waals surface area contributed by atoms with Gasteiger partial charge in [0.25, 0.3) is 0 Å². The summed E-state index contributed by atoms with van der Waals surface area (Å²) in [6, 6.07) is 0.00713. The zero-order valence-corrected chi connectivity index (χ0v) is 8.37. The van der Waals surface area contributed by atoms with Crippen LogP contribution in [0.5, 0.6) is 0 Å². The first-order valence-corrected chi connectivity index (χ1v) is 5.25. The second-order valence-corrected chi connectivity index (χ2v) is 4.11. The average Bonchev–Trinajstić information content (AvgIpc) is 2.87. The molecule has 2 saturated heterocycles. The molecule has 2 atom stereocenters. The van der Waals surface area contributed by atoms with Crippen molar-refractivity contribution in [3.05, 3.63) is 18.7 Å². The number of nitrogens with zero attached hydrogens (tertiary/aromatic N) is 3. The summed E-state index contributed by atoms with van der Waals surface area (Å²) in [5.41, 5.74) is 0. The second kappa shape index (κ2) is 3.34. The number of amides is 1. The van der Waals surface area contributed by atoms with Gasteiger partial charge in [-0.25, -0.2) is 9.78 Å². The van der Waals surface area contributed by atoms with Crippen molar-refractivity contribution in [2.45, 2.75) is 25.0 Å². The molecule has 0 aliphatic carbocycles. The van der Waals surface area contributed by atoms with Gasteiger partial charge in [-0.15, -0.1) is 0 Å². The van der Waals surface area contributed by atoms with Gasteiger partial charge in [-0.05, 0) is 12.8 Å². The van der Waals surface area contributed by atoms with Crippen LogP contribution in [0.1, 0.15) is 12.8 Å². The summed E-state index contributed by atoms with van der Waals surface area (Å²) in [5.74, 6) is 0. The van der Waals surface area contributed by atoms with E-state index in [9.17, 15) is 4.79 Å². The molecule has 15 heavy (non-hydrogen) atoms. The quantitative estimate of drug-likeness (QED) is 0.629. The molecule has 2 aliphatic rings. The SMILES string of the molecule is O=C(N1CC2CCC(C1)O2)n1ccnc1. The Kier molecular flexibility index (Phi) is 1.98. The topological polar surface area (TPSA) is 47.4 Å². The minimum Gasteiger partial charge on any atom is -0.371 e. The zero-order valence-electron chi connectivity index (χ0n) is 8.37. The van der Waals surface area contributed by atoms with Crippen molar-refractivity contribution in [3.63, 3.8) is 0 Å². The van der Waals surface area contributed by atoms with Gasteiger partial charge in [0, 0.05) is 25.5 Å². The number of rotatable bonds is 0. The van der Waals surface area contributed by atoms with E-state index in [0.717, 1.165) is 12.8 Å². The number of likely N-dealkylation sites (tertiary alicyclic amines) is 1. The molecule has 0 saturated carbocycles. The molecule has 0 N–H and O–H groups in total. The Hall–Kier alpha value is -1.36. The van der Waals surface area contributed by atoms with E-state index in [4.69, 9.17) is 4.74 Å². The van der Waals surface area contributed by atoms with Crippen LogP contribution in [0.25, 0.3) is 0 Å². The molecule has 0 radical (unpaired) electrons. The van der Waals surface area contributed by atoms with Crippen LogP contribution in [0.2, 0.25) is 0 Å². The fourth-order valence-corrected chi connectivity index (χ4v) is 2.31. The molecule has 2 bridgehead atoms. The van der Waals surface area contributed by atoms with Crippen LogP contribution < -0.4 is 0 Å². The van der Waals surface area contributed by atoms with Crippen molar-refractivity contribution >= 4 is 6.03 Å². The lowest BCUT2D eigenvalue weighted by Crippen LogP contribution is -2.47. The molecule has 5 nitrogen and oxygen atoms in total. The van der Waals surface area contributed by atoms with Gasteiger partial charge in [-0.3, -0.25) is 4.57 Å². The Morgan fingerprint density at radius 1 is 1.33 bits per heavy atom. The van der Waals surface area contributed by atoms with Crippen molar-refractivity contribution in [1.29, 1.82) is 0 Å². The highest BCUT2D eigenvalue weighted by molar-refractivity contribution is 5.76. The van der Waals surface area contributed by atoms with Crippen molar-refractivity contribution < 1.29 is 9.53 Å². The first-order chi connectivity index (χ1) is 7.33. The van der Waals surface area contributed by atoms with E-state index in [1.807, 2.05) is 4.90 Å². The van der Waals surface area contributed by atoms with E-state index in [2.05, 4.69) is 4.98 Å². The lowest BCUT2D eigenvalue weighted by atomic mass is 10.2. The largest absolute Gasteiger partial charge is 0.371 e. The van der Waals surface area contributed by atoms with Crippen LogP contribution in [-0.4, -0.2) is 45.8 Å². The molecule has 2 aliphatic heterocycles. The summed E-state index contributed by atoms with van der Waals surface area (Å²) in [5, 5.41) is 0. The predicted molar refractivity (Wildman–Crippen MR) is 52.5 cm³/mol. The number of morpholine rings is 1. The van der Waals surface area contributed by atoms with Gasteiger partial charge < -0.3 is 9.64 Å². The third-order valence-electron chi connectivity index (χ3n) is 3.04. The third kappa shape index (κ3) is 1.52. The molecular formula is C10H13N3O2. The maximum Gasteiger partial charge on any atom is 0.329 e. The Morgan fingerprint density at radius 3 is 2.67 bits per heavy atom. The molecule has 1 aromatic rings. The van der Waals surface area contributed by atoms with Crippen molar-refractivity contribution in [2.24, 2.45) is 0 Å². The summed E-state index contributed by atoms with van der Waals surface area (Å²) in [4.78, 5) is 17.7. The van der Waals surface area contributed by atoms with Crippen LogP contribution in [0.4, 0.5) is 4.79 Å². The fourth-order valence-electron chi connectivity index (χ4n) is 2.31. The smallest absolute Gasteiger partial charge is 0.329 e. The maximum absolute atomic E-state index is 12.0. The van der Waals surface area contributed by atoms with E-state index in [1.54, 1.807) is 18.7 Å². The Balaban J connectivity index is 1.75. The summed E-state index contributed by atoms with van der Waals surface area (Å²) in [6.45, 7) is 1.43. The van der Waals surface area contributed by atoms with Gasteiger partial charge in [0.15, 0.2) is 0 Å². The highest BCUT2D eigenvalue weighted by Gasteiger charge is 2.35. The van der Waals surface area contributed by atoms with E-state index in [1.165, 1.54) is 4.57 Å². The van der Waals surface area contributed by atoms with Crippen LogP contribution >= 0.6 is 0 Å². The number of imidazole rings is 1. The van der Waals surface area contributed by atoms with E-state index in [0.29, 0.717) is 13.1 Å². The molecule has 3 rings (SSSR count). The monoisotopic (exact) mass is 207 g/mol. The first-order valence-electron chi connectivity index (χ1n) is 5.25. The lowest BCUT2D eigenvalue weighted by Gasteiger charge is -2.31. The van der Waals surface area contributed by atoms with Gasteiger partial charge in [-0.1, -0.05) is 0 Å². The van der Waals surface area contributed by atoms with Crippen LogP contribution in [0.3, 0.4) is 0 Å².